The quantitative estimate of drug-likeness (QED) is 0.607. The van der Waals surface area contributed by atoms with E-state index in [2.05, 4.69) is 5.32 Å². The van der Waals surface area contributed by atoms with Gasteiger partial charge in [0.05, 0.1) is 12.3 Å². The number of rotatable bonds is 5. The first-order chi connectivity index (χ1) is 13.4. The standard InChI is InChI=1S/C21H19ClN2O4/c1-3-10-28-16-8-5-14(6-9-16)11-17-19(25)23-21(27)24(20(17)26)15-7-4-13(2)18(22)12-15/h4-9,11-12H,3,10H2,1-2H3,(H,23,25,27)/b17-11+. The third-order valence-corrected chi connectivity index (χ3v) is 4.59. The van der Waals surface area contributed by atoms with Gasteiger partial charge in [-0.15, -0.1) is 0 Å². The Kier molecular flexibility index (Phi) is 5.80. The molecule has 144 valence electrons. The van der Waals surface area contributed by atoms with Gasteiger partial charge in [-0.1, -0.05) is 36.7 Å². The lowest BCUT2D eigenvalue weighted by Gasteiger charge is -2.26. The Balaban J connectivity index is 1.91. The van der Waals surface area contributed by atoms with E-state index >= 15 is 0 Å². The number of hydrogen-bond donors (Lipinski definition) is 1. The van der Waals surface area contributed by atoms with Crippen LogP contribution in [0.4, 0.5) is 10.5 Å². The molecule has 1 aliphatic heterocycles. The second-order valence-electron chi connectivity index (χ2n) is 6.31. The highest BCUT2D eigenvalue weighted by molar-refractivity contribution is 6.39. The molecule has 0 saturated carbocycles. The van der Waals surface area contributed by atoms with Crippen LogP contribution in [0.3, 0.4) is 0 Å². The number of halogens is 1. The van der Waals surface area contributed by atoms with Crippen LogP contribution < -0.4 is 15.0 Å². The van der Waals surface area contributed by atoms with E-state index in [1.165, 1.54) is 12.1 Å². The predicted octanol–water partition coefficient (Wildman–Crippen LogP) is 4.10. The molecular formula is C21H19ClN2O4. The van der Waals surface area contributed by atoms with Crippen LogP contribution in [0.25, 0.3) is 6.08 Å². The first-order valence-electron chi connectivity index (χ1n) is 8.81. The third-order valence-electron chi connectivity index (χ3n) is 4.18. The molecule has 1 heterocycles. The van der Waals surface area contributed by atoms with Gasteiger partial charge in [-0.05, 0) is 54.8 Å². The van der Waals surface area contributed by atoms with Gasteiger partial charge < -0.3 is 4.74 Å². The van der Waals surface area contributed by atoms with Crippen molar-refractivity contribution in [2.45, 2.75) is 20.3 Å². The van der Waals surface area contributed by atoms with Gasteiger partial charge in [0.2, 0.25) is 0 Å². The number of ether oxygens (including phenoxy) is 1. The molecule has 1 fully saturated rings. The number of amides is 4. The van der Waals surface area contributed by atoms with Crippen LogP contribution in [0, 0.1) is 6.92 Å². The predicted molar refractivity (Wildman–Crippen MR) is 107 cm³/mol. The molecule has 0 aliphatic carbocycles. The van der Waals surface area contributed by atoms with Gasteiger partial charge in [-0.3, -0.25) is 14.9 Å². The number of aryl methyl sites for hydroxylation is 1. The highest BCUT2D eigenvalue weighted by atomic mass is 35.5. The maximum absolute atomic E-state index is 12.9. The Morgan fingerprint density at radius 3 is 2.46 bits per heavy atom. The number of nitrogens with one attached hydrogen (secondary N) is 1. The van der Waals surface area contributed by atoms with Gasteiger partial charge >= 0.3 is 6.03 Å². The van der Waals surface area contributed by atoms with Crippen molar-refractivity contribution in [3.8, 4) is 5.75 Å². The summed E-state index contributed by atoms with van der Waals surface area (Å²) in [6.07, 6.45) is 2.34. The number of benzene rings is 2. The van der Waals surface area contributed by atoms with Crippen molar-refractivity contribution in [1.29, 1.82) is 0 Å². The van der Waals surface area contributed by atoms with Crippen molar-refractivity contribution >= 4 is 41.2 Å². The number of nitrogens with zero attached hydrogens (tertiary/aromatic N) is 1. The van der Waals surface area contributed by atoms with Crippen molar-refractivity contribution in [2.24, 2.45) is 0 Å². The first kappa shape index (κ1) is 19.6. The Hall–Kier alpha value is -3.12. The largest absolute Gasteiger partial charge is 0.494 e. The minimum absolute atomic E-state index is 0.140. The zero-order valence-electron chi connectivity index (χ0n) is 15.5. The van der Waals surface area contributed by atoms with Crippen LogP contribution in [0.5, 0.6) is 5.75 Å². The molecule has 2 aromatic rings. The fourth-order valence-electron chi connectivity index (χ4n) is 2.66. The van der Waals surface area contributed by atoms with Crippen molar-refractivity contribution in [3.05, 3.63) is 64.2 Å². The van der Waals surface area contributed by atoms with Crippen molar-refractivity contribution in [3.63, 3.8) is 0 Å². The molecule has 0 bridgehead atoms. The van der Waals surface area contributed by atoms with Crippen LogP contribution in [0.15, 0.2) is 48.0 Å². The van der Waals surface area contributed by atoms with Crippen molar-refractivity contribution in [2.75, 3.05) is 11.5 Å². The summed E-state index contributed by atoms with van der Waals surface area (Å²) in [5.41, 5.74) is 1.60. The summed E-state index contributed by atoms with van der Waals surface area (Å²) in [5, 5.41) is 2.61. The molecule has 6 nitrogen and oxygen atoms in total. The van der Waals surface area contributed by atoms with E-state index in [9.17, 15) is 14.4 Å². The fourth-order valence-corrected chi connectivity index (χ4v) is 2.83. The molecule has 4 amide bonds. The minimum atomic E-state index is -0.810. The Morgan fingerprint density at radius 2 is 1.82 bits per heavy atom. The van der Waals surface area contributed by atoms with Crippen LogP contribution in [-0.2, 0) is 9.59 Å². The molecule has 28 heavy (non-hydrogen) atoms. The number of anilines is 1. The minimum Gasteiger partial charge on any atom is -0.494 e. The lowest BCUT2D eigenvalue weighted by molar-refractivity contribution is -0.122. The summed E-state index contributed by atoms with van der Waals surface area (Å²) in [7, 11) is 0. The van der Waals surface area contributed by atoms with Gasteiger partial charge in [0.15, 0.2) is 0 Å². The molecule has 0 unspecified atom stereocenters. The molecule has 1 saturated heterocycles. The second kappa shape index (κ2) is 8.27. The zero-order chi connectivity index (χ0) is 20.3. The zero-order valence-corrected chi connectivity index (χ0v) is 16.2. The Labute approximate surface area is 167 Å². The lowest BCUT2D eigenvalue weighted by Crippen LogP contribution is -2.54. The monoisotopic (exact) mass is 398 g/mol. The molecule has 0 aromatic heterocycles. The number of hydrogen-bond acceptors (Lipinski definition) is 4. The molecule has 7 heteroatoms. The normalized spacial score (nSPS) is 15.8. The van der Waals surface area contributed by atoms with E-state index in [-0.39, 0.29) is 5.57 Å². The molecule has 1 aliphatic rings. The molecule has 2 aromatic carbocycles. The summed E-state index contributed by atoms with van der Waals surface area (Å²) in [6, 6.07) is 11.0. The Morgan fingerprint density at radius 1 is 1.11 bits per heavy atom. The number of barbiturate groups is 1. The maximum Gasteiger partial charge on any atom is 0.335 e. The summed E-state index contributed by atoms with van der Waals surface area (Å²) in [5.74, 6) is -0.745. The van der Waals surface area contributed by atoms with Crippen LogP contribution in [-0.4, -0.2) is 24.5 Å². The number of imide groups is 2. The van der Waals surface area contributed by atoms with Gasteiger partial charge in [-0.25, -0.2) is 9.69 Å². The summed E-state index contributed by atoms with van der Waals surface area (Å²) in [4.78, 5) is 38.2. The van der Waals surface area contributed by atoms with Crippen molar-refractivity contribution < 1.29 is 19.1 Å². The van der Waals surface area contributed by atoms with Gasteiger partial charge in [-0.2, -0.15) is 0 Å². The molecule has 0 atom stereocenters. The Bertz CT molecular complexity index is 967. The second-order valence-corrected chi connectivity index (χ2v) is 6.72. The lowest BCUT2D eigenvalue weighted by atomic mass is 10.1. The molecule has 0 radical (unpaired) electrons. The third kappa shape index (κ3) is 4.07. The number of carbonyl (C=O) groups is 3. The molecule has 0 spiro atoms. The van der Waals surface area contributed by atoms with Crippen LogP contribution >= 0.6 is 11.6 Å². The van der Waals surface area contributed by atoms with E-state index in [0.29, 0.717) is 28.6 Å². The van der Waals surface area contributed by atoms with E-state index in [1.54, 1.807) is 36.4 Å². The van der Waals surface area contributed by atoms with E-state index in [1.807, 2.05) is 13.8 Å². The highest BCUT2D eigenvalue weighted by Crippen LogP contribution is 2.27. The molecule has 3 rings (SSSR count). The van der Waals surface area contributed by atoms with E-state index in [4.69, 9.17) is 16.3 Å². The number of carbonyl (C=O) groups excluding carboxylic acids is 3. The van der Waals surface area contributed by atoms with E-state index in [0.717, 1.165) is 16.9 Å². The maximum atomic E-state index is 12.9. The van der Waals surface area contributed by atoms with Crippen LogP contribution in [0.1, 0.15) is 24.5 Å². The summed E-state index contributed by atoms with van der Waals surface area (Å²) in [6.45, 7) is 4.44. The SMILES string of the molecule is CCCOc1ccc(/C=C2\C(=O)NC(=O)N(c3ccc(C)c(Cl)c3)C2=O)cc1. The van der Waals surface area contributed by atoms with E-state index < -0.39 is 17.8 Å². The average Bonchev–Trinajstić information content (AvgIpc) is 2.67. The van der Waals surface area contributed by atoms with Crippen molar-refractivity contribution in [1.82, 2.24) is 5.32 Å². The topological polar surface area (TPSA) is 75.7 Å². The fraction of sp³-hybridized carbons (Fsp3) is 0.190. The summed E-state index contributed by atoms with van der Waals surface area (Å²) >= 11 is 6.11. The van der Waals surface area contributed by atoms with Gasteiger partial charge in [0.25, 0.3) is 11.8 Å². The first-order valence-corrected chi connectivity index (χ1v) is 9.19. The smallest absolute Gasteiger partial charge is 0.335 e. The number of urea groups is 1. The average molecular weight is 399 g/mol. The summed E-state index contributed by atoms with van der Waals surface area (Å²) < 4.78 is 5.52. The van der Waals surface area contributed by atoms with Gasteiger partial charge in [0.1, 0.15) is 11.3 Å². The van der Waals surface area contributed by atoms with Crippen LogP contribution in [0.2, 0.25) is 5.02 Å². The highest BCUT2D eigenvalue weighted by Gasteiger charge is 2.36. The van der Waals surface area contributed by atoms with Gasteiger partial charge in [0, 0.05) is 5.02 Å². The molecule has 1 N–H and O–H groups in total. The molecular weight excluding hydrogens is 380 g/mol.